The molecule has 0 spiro atoms. The molecule has 2 saturated heterocycles. The highest BCUT2D eigenvalue weighted by Gasteiger charge is 2.27. The molecule has 0 aliphatic carbocycles. The van der Waals surface area contributed by atoms with Gasteiger partial charge in [0.1, 0.15) is 5.82 Å². The quantitative estimate of drug-likeness (QED) is 0.601. The average molecular weight is 447 g/mol. The van der Waals surface area contributed by atoms with Gasteiger partial charge in [-0.3, -0.25) is 4.90 Å². The number of benzene rings is 1. The summed E-state index contributed by atoms with van der Waals surface area (Å²) in [6, 6.07) is 4.12. The zero-order valence-electron chi connectivity index (χ0n) is 18.2. The van der Waals surface area contributed by atoms with Crippen LogP contribution >= 0.6 is 11.8 Å². The molecular formula is C22H30N4O4S. The minimum atomic E-state index is 0.256. The van der Waals surface area contributed by atoms with Crippen molar-refractivity contribution in [2.24, 2.45) is 7.05 Å². The molecule has 0 N–H and O–H groups in total. The van der Waals surface area contributed by atoms with E-state index in [1.807, 2.05) is 0 Å². The topological polar surface area (TPSA) is 70.9 Å². The average Bonchev–Trinajstić information content (AvgIpc) is 3.54. The molecule has 2 aromatic rings. The predicted molar refractivity (Wildman–Crippen MR) is 117 cm³/mol. The molecule has 1 atom stereocenters. The number of likely N-dealkylation sites (tertiary alicyclic amines) is 1. The standard InChI is InChI=1S/C22H30N4O4S/c1-25-21(23-24-22(25)31-13-17-4-3-9-28-17)16-5-7-26(8-6-16)12-15-10-18(27-2)20-19(11-15)29-14-30-20/h10-11,16-17H,3-9,12-14H2,1-2H3. The van der Waals surface area contributed by atoms with Gasteiger partial charge < -0.3 is 23.5 Å². The lowest BCUT2D eigenvalue weighted by atomic mass is 9.95. The summed E-state index contributed by atoms with van der Waals surface area (Å²) in [5.41, 5.74) is 1.19. The van der Waals surface area contributed by atoms with E-state index in [9.17, 15) is 0 Å². The van der Waals surface area contributed by atoms with Gasteiger partial charge in [-0.2, -0.15) is 0 Å². The van der Waals surface area contributed by atoms with E-state index in [1.54, 1.807) is 18.9 Å². The van der Waals surface area contributed by atoms with Crippen molar-refractivity contribution in [1.82, 2.24) is 19.7 Å². The lowest BCUT2D eigenvalue weighted by Gasteiger charge is -2.31. The van der Waals surface area contributed by atoms with Gasteiger partial charge in [0, 0.05) is 31.9 Å². The Kier molecular flexibility index (Phi) is 6.24. The molecule has 0 radical (unpaired) electrons. The van der Waals surface area contributed by atoms with Gasteiger partial charge in [0.2, 0.25) is 12.5 Å². The Hall–Kier alpha value is -1.97. The molecule has 168 valence electrons. The van der Waals surface area contributed by atoms with E-state index in [1.165, 1.54) is 12.0 Å². The first-order valence-corrected chi connectivity index (χ1v) is 12.0. The summed E-state index contributed by atoms with van der Waals surface area (Å²) in [6.07, 6.45) is 4.87. The van der Waals surface area contributed by atoms with Crippen LogP contribution in [0, 0.1) is 0 Å². The lowest BCUT2D eigenvalue weighted by molar-refractivity contribution is 0.129. The van der Waals surface area contributed by atoms with Crippen molar-refractivity contribution in [3.63, 3.8) is 0 Å². The van der Waals surface area contributed by atoms with Crippen LogP contribution < -0.4 is 14.2 Å². The minimum Gasteiger partial charge on any atom is -0.493 e. The number of aromatic nitrogens is 3. The summed E-state index contributed by atoms with van der Waals surface area (Å²) < 4.78 is 24.5. The van der Waals surface area contributed by atoms with Crippen LogP contribution in [0.15, 0.2) is 17.3 Å². The molecule has 1 aromatic carbocycles. The maximum absolute atomic E-state index is 5.73. The number of ether oxygens (including phenoxy) is 4. The van der Waals surface area contributed by atoms with E-state index in [4.69, 9.17) is 18.9 Å². The first-order chi connectivity index (χ1) is 15.2. The first-order valence-electron chi connectivity index (χ1n) is 11.0. The smallest absolute Gasteiger partial charge is 0.231 e. The second kappa shape index (κ2) is 9.26. The normalized spacial score (nSPS) is 21.7. The van der Waals surface area contributed by atoms with Crippen molar-refractivity contribution in [2.45, 2.75) is 49.4 Å². The van der Waals surface area contributed by atoms with Crippen LogP contribution in [0.2, 0.25) is 0 Å². The third-order valence-corrected chi connectivity index (χ3v) is 7.52. The minimum absolute atomic E-state index is 0.256. The maximum atomic E-state index is 5.73. The number of thioether (sulfide) groups is 1. The second-order valence-corrected chi connectivity index (χ2v) is 9.42. The van der Waals surface area contributed by atoms with Gasteiger partial charge in [0.25, 0.3) is 0 Å². The SMILES string of the molecule is COc1cc(CN2CCC(c3nnc(SCC4CCCO4)n3C)CC2)cc2c1OCO2. The van der Waals surface area contributed by atoms with Gasteiger partial charge in [-0.05, 0) is 56.5 Å². The summed E-state index contributed by atoms with van der Waals surface area (Å²) in [5, 5.41) is 10.00. The van der Waals surface area contributed by atoms with Crippen LogP contribution in [-0.4, -0.2) is 65.1 Å². The number of piperidine rings is 1. The number of hydrogen-bond acceptors (Lipinski definition) is 8. The summed E-state index contributed by atoms with van der Waals surface area (Å²) in [7, 11) is 3.76. The Morgan fingerprint density at radius 2 is 2.03 bits per heavy atom. The molecule has 0 bridgehead atoms. The van der Waals surface area contributed by atoms with Crippen molar-refractivity contribution < 1.29 is 18.9 Å². The van der Waals surface area contributed by atoms with Crippen molar-refractivity contribution in [2.75, 3.05) is 39.4 Å². The molecule has 0 amide bonds. The highest BCUT2D eigenvalue weighted by Crippen LogP contribution is 2.42. The molecule has 0 saturated carbocycles. The largest absolute Gasteiger partial charge is 0.493 e. The second-order valence-electron chi connectivity index (χ2n) is 8.43. The van der Waals surface area contributed by atoms with E-state index >= 15 is 0 Å². The lowest BCUT2D eigenvalue weighted by Crippen LogP contribution is -2.33. The van der Waals surface area contributed by atoms with Gasteiger partial charge in [0.15, 0.2) is 16.7 Å². The Morgan fingerprint density at radius 3 is 2.81 bits per heavy atom. The Labute approximate surface area is 187 Å². The third kappa shape index (κ3) is 4.49. The molecule has 4 heterocycles. The number of nitrogens with zero attached hydrogens (tertiary/aromatic N) is 4. The van der Waals surface area contributed by atoms with Crippen LogP contribution in [0.4, 0.5) is 0 Å². The summed E-state index contributed by atoms with van der Waals surface area (Å²) in [6.45, 7) is 4.10. The van der Waals surface area contributed by atoms with Gasteiger partial charge >= 0.3 is 0 Å². The molecule has 1 unspecified atom stereocenters. The van der Waals surface area contributed by atoms with E-state index in [-0.39, 0.29) is 6.79 Å². The molecule has 8 nitrogen and oxygen atoms in total. The predicted octanol–water partition coefficient (Wildman–Crippen LogP) is 3.20. The fraction of sp³-hybridized carbons (Fsp3) is 0.636. The van der Waals surface area contributed by atoms with E-state index < -0.39 is 0 Å². The maximum Gasteiger partial charge on any atom is 0.231 e. The molecule has 3 aliphatic rings. The highest BCUT2D eigenvalue weighted by molar-refractivity contribution is 7.99. The van der Waals surface area contributed by atoms with Crippen LogP contribution in [0.5, 0.6) is 17.2 Å². The number of rotatable bonds is 7. The van der Waals surface area contributed by atoms with E-state index in [0.29, 0.717) is 17.8 Å². The Balaban J connectivity index is 1.17. The number of hydrogen-bond donors (Lipinski definition) is 0. The third-order valence-electron chi connectivity index (χ3n) is 6.37. The van der Waals surface area contributed by atoms with Gasteiger partial charge in [-0.1, -0.05) is 11.8 Å². The number of methoxy groups -OCH3 is 1. The van der Waals surface area contributed by atoms with E-state index in [2.05, 4.69) is 38.8 Å². The molecule has 1 aromatic heterocycles. The fourth-order valence-corrected chi connectivity index (χ4v) is 5.62. The van der Waals surface area contributed by atoms with Crippen molar-refractivity contribution in [3.05, 3.63) is 23.5 Å². The fourth-order valence-electron chi connectivity index (χ4n) is 4.63. The monoisotopic (exact) mass is 446 g/mol. The van der Waals surface area contributed by atoms with Crippen LogP contribution in [-0.2, 0) is 18.3 Å². The molecule has 5 rings (SSSR count). The zero-order chi connectivity index (χ0) is 21.2. The molecule has 31 heavy (non-hydrogen) atoms. The van der Waals surface area contributed by atoms with Crippen molar-refractivity contribution >= 4 is 11.8 Å². The zero-order valence-corrected chi connectivity index (χ0v) is 19.0. The van der Waals surface area contributed by atoms with E-state index in [0.717, 1.165) is 73.7 Å². The molecular weight excluding hydrogens is 416 g/mol. The Morgan fingerprint density at radius 1 is 1.16 bits per heavy atom. The van der Waals surface area contributed by atoms with Gasteiger partial charge in [-0.25, -0.2) is 0 Å². The van der Waals surface area contributed by atoms with Crippen molar-refractivity contribution in [3.8, 4) is 17.2 Å². The highest BCUT2D eigenvalue weighted by atomic mass is 32.2. The Bertz CT molecular complexity index is 907. The number of fused-ring (bicyclic) bond motifs is 1. The first kappa shape index (κ1) is 20.9. The summed E-state index contributed by atoms with van der Waals surface area (Å²) >= 11 is 1.76. The van der Waals surface area contributed by atoms with Gasteiger partial charge in [-0.15, -0.1) is 10.2 Å². The summed E-state index contributed by atoms with van der Waals surface area (Å²) in [4.78, 5) is 2.48. The molecule has 3 aliphatic heterocycles. The van der Waals surface area contributed by atoms with Gasteiger partial charge in [0.05, 0.1) is 13.2 Å². The van der Waals surface area contributed by atoms with Crippen LogP contribution in [0.1, 0.15) is 43.0 Å². The summed E-state index contributed by atoms with van der Waals surface area (Å²) in [5.74, 6) is 4.75. The molecule has 9 heteroatoms. The van der Waals surface area contributed by atoms with Crippen LogP contribution in [0.25, 0.3) is 0 Å². The molecule has 2 fully saturated rings. The van der Waals surface area contributed by atoms with Crippen LogP contribution in [0.3, 0.4) is 0 Å². The van der Waals surface area contributed by atoms with Crippen molar-refractivity contribution in [1.29, 1.82) is 0 Å².